The van der Waals surface area contributed by atoms with Crippen molar-refractivity contribution < 1.29 is 4.79 Å². The van der Waals surface area contributed by atoms with Crippen LogP contribution in [0.2, 0.25) is 5.02 Å². The Balaban J connectivity index is 2.22. The summed E-state index contributed by atoms with van der Waals surface area (Å²) >= 11 is 14.5. The van der Waals surface area contributed by atoms with Gasteiger partial charge in [-0.25, -0.2) is 0 Å². The average molecular weight is 376 g/mol. The Morgan fingerprint density at radius 3 is 2.50 bits per heavy atom. The molecule has 3 nitrogen and oxygen atoms in total. The minimum Gasteiger partial charge on any atom is -0.391 e. The molecule has 0 aliphatic heterocycles. The third-order valence-corrected chi connectivity index (χ3v) is 4.72. The average Bonchev–Trinajstić information content (AvgIpc) is 2.38. The molecule has 0 heterocycles. The quantitative estimate of drug-likeness (QED) is 0.790. The molecule has 0 radical (unpaired) electrons. The fourth-order valence-electron chi connectivity index (χ4n) is 2.56. The number of amides is 1. The molecule has 108 valence electrons. The molecule has 0 atom stereocenters. The first-order valence-electron chi connectivity index (χ1n) is 6.51. The van der Waals surface area contributed by atoms with Gasteiger partial charge in [0, 0.05) is 15.1 Å². The van der Waals surface area contributed by atoms with Crippen molar-refractivity contribution in [2.45, 2.75) is 37.6 Å². The second kappa shape index (κ2) is 6.41. The lowest BCUT2D eigenvalue weighted by Crippen LogP contribution is -2.57. The minimum atomic E-state index is -0.556. The molecule has 20 heavy (non-hydrogen) atoms. The second-order valence-corrected chi connectivity index (χ2v) is 6.91. The zero-order valence-electron chi connectivity index (χ0n) is 10.9. The van der Waals surface area contributed by atoms with Crippen molar-refractivity contribution in [3.63, 3.8) is 0 Å². The van der Waals surface area contributed by atoms with E-state index in [9.17, 15) is 4.79 Å². The molecule has 2 rings (SSSR count). The standard InChI is InChI=1S/C14H16BrClN2OS/c15-10-6-9(7-11(16)8-10)12(19)18-14(13(17)20)4-2-1-3-5-14/h6-8H,1-5H2,(H2,17,20)(H,18,19). The molecule has 1 fully saturated rings. The SMILES string of the molecule is NC(=S)C1(NC(=O)c2cc(Cl)cc(Br)c2)CCCCC1. The number of nitrogens with two attached hydrogens (primary N) is 1. The van der Waals surface area contributed by atoms with Crippen molar-refractivity contribution in [1.29, 1.82) is 0 Å². The van der Waals surface area contributed by atoms with Crippen molar-refractivity contribution in [3.8, 4) is 0 Å². The van der Waals surface area contributed by atoms with Gasteiger partial charge in [0.05, 0.1) is 10.5 Å². The fraction of sp³-hybridized carbons (Fsp3) is 0.429. The van der Waals surface area contributed by atoms with Crippen LogP contribution in [-0.4, -0.2) is 16.4 Å². The van der Waals surface area contributed by atoms with Gasteiger partial charge >= 0.3 is 0 Å². The van der Waals surface area contributed by atoms with Crippen LogP contribution < -0.4 is 11.1 Å². The smallest absolute Gasteiger partial charge is 0.252 e. The summed E-state index contributed by atoms with van der Waals surface area (Å²) in [5.41, 5.74) is 5.82. The molecule has 1 aliphatic rings. The van der Waals surface area contributed by atoms with Gasteiger partial charge in [-0.3, -0.25) is 4.79 Å². The van der Waals surface area contributed by atoms with Crippen LogP contribution in [0.5, 0.6) is 0 Å². The molecule has 1 saturated carbocycles. The van der Waals surface area contributed by atoms with Gasteiger partial charge in [0.2, 0.25) is 0 Å². The molecule has 3 N–H and O–H groups in total. The van der Waals surface area contributed by atoms with Gasteiger partial charge in [-0.2, -0.15) is 0 Å². The number of rotatable bonds is 3. The molecule has 0 aromatic heterocycles. The Morgan fingerprint density at radius 2 is 1.95 bits per heavy atom. The van der Waals surface area contributed by atoms with Gasteiger partial charge in [-0.15, -0.1) is 0 Å². The maximum Gasteiger partial charge on any atom is 0.252 e. The van der Waals surface area contributed by atoms with Crippen LogP contribution in [-0.2, 0) is 0 Å². The first-order chi connectivity index (χ1) is 9.43. The highest BCUT2D eigenvalue weighted by atomic mass is 79.9. The normalized spacial score (nSPS) is 17.5. The van der Waals surface area contributed by atoms with Crippen LogP contribution >= 0.6 is 39.7 Å². The molecular weight excluding hydrogens is 360 g/mol. The zero-order chi connectivity index (χ0) is 14.8. The van der Waals surface area contributed by atoms with E-state index in [1.807, 2.05) is 0 Å². The predicted molar refractivity (Wildman–Crippen MR) is 89.2 cm³/mol. The van der Waals surface area contributed by atoms with Crippen molar-refractivity contribution >= 4 is 50.6 Å². The van der Waals surface area contributed by atoms with Gasteiger partial charge in [0.1, 0.15) is 0 Å². The third-order valence-electron chi connectivity index (χ3n) is 3.66. The number of nitrogens with one attached hydrogen (secondary N) is 1. The topological polar surface area (TPSA) is 55.1 Å². The summed E-state index contributed by atoms with van der Waals surface area (Å²) in [6.07, 6.45) is 4.81. The summed E-state index contributed by atoms with van der Waals surface area (Å²) in [5.74, 6) is -0.192. The maximum absolute atomic E-state index is 12.4. The minimum absolute atomic E-state index is 0.192. The van der Waals surface area contributed by atoms with E-state index in [-0.39, 0.29) is 5.91 Å². The van der Waals surface area contributed by atoms with Crippen LogP contribution in [0.3, 0.4) is 0 Å². The van der Waals surface area contributed by atoms with E-state index in [1.54, 1.807) is 18.2 Å². The molecule has 0 spiro atoms. The fourth-order valence-corrected chi connectivity index (χ4v) is 3.68. The lowest BCUT2D eigenvalue weighted by Gasteiger charge is -2.37. The molecule has 0 unspecified atom stereocenters. The Bertz CT molecular complexity index is 524. The van der Waals surface area contributed by atoms with Crippen molar-refractivity contribution in [1.82, 2.24) is 5.32 Å². The van der Waals surface area contributed by atoms with E-state index < -0.39 is 5.54 Å². The lowest BCUT2D eigenvalue weighted by molar-refractivity contribution is 0.0908. The second-order valence-electron chi connectivity index (χ2n) is 5.12. The monoisotopic (exact) mass is 374 g/mol. The molecule has 1 aromatic rings. The number of hydrogen-bond donors (Lipinski definition) is 2. The van der Waals surface area contributed by atoms with Crippen LogP contribution in [0.15, 0.2) is 22.7 Å². The van der Waals surface area contributed by atoms with Crippen molar-refractivity contribution in [3.05, 3.63) is 33.3 Å². The maximum atomic E-state index is 12.4. The van der Waals surface area contributed by atoms with Gasteiger partial charge in [0.25, 0.3) is 5.91 Å². The molecule has 6 heteroatoms. The predicted octanol–water partition coefficient (Wildman–Crippen LogP) is 3.82. The summed E-state index contributed by atoms with van der Waals surface area (Å²) in [6.45, 7) is 0. The van der Waals surface area contributed by atoms with E-state index in [0.717, 1.165) is 36.6 Å². The summed E-state index contributed by atoms with van der Waals surface area (Å²) in [5, 5.41) is 3.53. The number of hydrogen-bond acceptors (Lipinski definition) is 2. The van der Waals surface area contributed by atoms with E-state index in [2.05, 4.69) is 21.2 Å². The highest BCUT2D eigenvalue weighted by Crippen LogP contribution is 2.29. The highest BCUT2D eigenvalue weighted by molar-refractivity contribution is 9.10. The number of halogens is 2. The number of thiocarbonyl (C=S) groups is 1. The Kier molecular flexibility index (Phi) is 5.04. The van der Waals surface area contributed by atoms with E-state index in [1.165, 1.54) is 0 Å². The summed E-state index contributed by atoms with van der Waals surface area (Å²) < 4.78 is 0.767. The Morgan fingerprint density at radius 1 is 1.30 bits per heavy atom. The lowest BCUT2D eigenvalue weighted by atomic mass is 9.81. The Labute approximate surface area is 137 Å². The molecule has 0 bridgehead atoms. The van der Waals surface area contributed by atoms with Crippen LogP contribution in [0.4, 0.5) is 0 Å². The van der Waals surface area contributed by atoms with E-state index in [0.29, 0.717) is 15.6 Å². The van der Waals surface area contributed by atoms with Gasteiger partial charge in [-0.05, 0) is 31.0 Å². The van der Waals surface area contributed by atoms with Crippen LogP contribution in [0, 0.1) is 0 Å². The number of benzene rings is 1. The Hall–Kier alpha value is -0.650. The first kappa shape index (κ1) is 15.7. The van der Waals surface area contributed by atoms with Gasteiger partial charge in [0.15, 0.2) is 0 Å². The van der Waals surface area contributed by atoms with Crippen molar-refractivity contribution in [2.24, 2.45) is 5.73 Å². The zero-order valence-corrected chi connectivity index (χ0v) is 14.1. The number of carbonyl (C=O) groups excluding carboxylic acids is 1. The molecule has 1 aliphatic carbocycles. The third kappa shape index (κ3) is 3.51. The summed E-state index contributed by atoms with van der Waals surface area (Å²) in [6, 6.07) is 5.11. The van der Waals surface area contributed by atoms with Gasteiger partial charge in [-0.1, -0.05) is 59.0 Å². The van der Waals surface area contributed by atoms with Crippen LogP contribution in [0.1, 0.15) is 42.5 Å². The number of carbonyl (C=O) groups is 1. The molecule has 0 saturated heterocycles. The highest BCUT2D eigenvalue weighted by Gasteiger charge is 2.36. The summed E-state index contributed by atoms with van der Waals surface area (Å²) in [4.78, 5) is 12.8. The summed E-state index contributed by atoms with van der Waals surface area (Å²) in [7, 11) is 0. The molecule has 1 amide bonds. The van der Waals surface area contributed by atoms with E-state index in [4.69, 9.17) is 29.6 Å². The van der Waals surface area contributed by atoms with Crippen molar-refractivity contribution in [2.75, 3.05) is 0 Å². The molecule has 1 aromatic carbocycles. The molecular formula is C14H16BrClN2OS. The van der Waals surface area contributed by atoms with Crippen LogP contribution in [0.25, 0.3) is 0 Å². The first-order valence-corrected chi connectivity index (χ1v) is 8.09. The van der Waals surface area contributed by atoms with E-state index >= 15 is 0 Å². The largest absolute Gasteiger partial charge is 0.391 e. The van der Waals surface area contributed by atoms with Gasteiger partial charge < -0.3 is 11.1 Å².